The Labute approximate surface area is 116 Å². The van der Waals surface area contributed by atoms with Crippen LogP contribution in [-0.4, -0.2) is 19.1 Å². The molecule has 0 aliphatic carbocycles. The van der Waals surface area contributed by atoms with Gasteiger partial charge in [-0.2, -0.15) is 8.78 Å². The number of benzene rings is 1. The lowest BCUT2D eigenvalue weighted by Crippen LogP contribution is -2.17. The minimum absolute atomic E-state index is 0.0631. The van der Waals surface area contributed by atoms with Gasteiger partial charge in [0.2, 0.25) is 5.91 Å². The summed E-state index contributed by atoms with van der Waals surface area (Å²) in [5.41, 5.74) is 5.28. The Balaban J connectivity index is 3.03. The lowest BCUT2D eigenvalue weighted by Gasteiger charge is -2.14. The molecule has 0 aliphatic rings. The molecule has 0 unspecified atom stereocenters. The summed E-state index contributed by atoms with van der Waals surface area (Å²) in [5, 5.41) is 2.68. The molecule has 1 aromatic rings. The van der Waals surface area contributed by atoms with Gasteiger partial charge in [-0.1, -0.05) is 11.6 Å². The number of amides is 1. The van der Waals surface area contributed by atoms with E-state index in [0.717, 1.165) is 0 Å². The summed E-state index contributed by atoms with van der Waals surface area (Å²) in [6.07, 6.45) is 0.0677. The minimum atomic E-state index is -3.01. The zero-order valence-corrected chi connectivity index (χ0v) is 11.4. The maximum absolute atomic E-state index is 12.3. The molecular weight excluding hydrogens is 333 g/mol. The summed E-state index contributed by atoms with van der Waals surface area (Å²) < 4.78 is 29.1. The Morgan fingerprint density at radius 1 is 1.56 bits per heavy atom. The standard InChI is InChI=1S/C10H10BrClF2N2O2/c11-6-3-5(12)4-7(9(6)18-10(13)14)16-8(17)1-2-15/h3-4,10H,1-2,15H2,(H,16,17). The molecule has 18 heavy (non-hydrogen) atoms. The monoisotopic (exact) mass is 342 g/mol. The Bertz CT molecular complexity index is 446. The van der Waals surface area contributed by atoms with Crippen LogP contribution in [0.1, 0.15) is 6.42 Å². The lowest BCUT2D eigenvalue weighted by molar-refractivity contribution is -0.116. The fourth-order valence-corrected chi connectivity index (χ4v) is 2.11. The van der Waals surface area contributed by atoms with Gasteiger partial charge >= 0.3 is 6.61 Å². The Hall–Kier alpha value is -0.920. The largest absolute Gasteiger partial charge is 0.431 e. The molecule has 8 heteroatoms. The summed E-state index contributed by atoms with van der Waals surface area (Å²) in [5.74, 6) is -0.592. The first kappa shape index (κ1) is 15.1. The molecule has 1 amide bonds. The first-order chi connectivity index (χ1) is 8.43. The molecule has 3 N–H and O–H groups in total. The third-order valence-corrected chi connectivity index (χ3v) is 2.67. The Morgan fingerprint density at radius 2 is 2.22 bits per heavy atom. The molecule has 0 saturated heterocycles. The van der Waals surface area contributed by atoms with Crippen LogP contribution in [0, 0.1) is 0 Å². The summed E-state index contributed by atoms with van der Waals surface area (Å²) in [7, 11) is 0. The van der Waals surface area contributed by atoms with Crippen LogP contribution >= 0.6 is 27.5 Å². The van der Waals surface area contributed by atoms with Crippen LogP contribution in [0.4, 0.5) is 14.5 Å². The normalized spacial score (nSPS) is 10.6. The molecule has 0 saturated carbocycles. The van der Waals surface area contributed by atoms with E-state index in [2.05, 4.69) is 26.0 Å². The van der Waals surface area contributed by atoms with E-state index < -0.39 is 12.5 Å². The summed E-state index contributed by atoms with van der Waals surface area (Å²) in [6, 6.07) is 2.70. The fraction of sp³-hybridized carbons (Fsp3) is 0.300. The number of rotatable bonds is 5. The van der Waals surface area contributed by atoms with Gasteiger partial charge in [0.05, 0.1) is 10.2 Å². The predicted octanol–water partition coefficient (Wildman–Crippen LogP) is 2.99. The smallest absolute Gasteiger partial charge is 0.387 e. The maximum atomic E-state index is 12.3. The second kappa shape index (κ2) is 6.86. The molecular formula is C10H10BrClF2N2O2. The van der Waals surface area contributed by atoms with Crippen LogP contribution in [0.2, 0.25) is 5.02 Å². The molecule has 0 aliphatic heterocycles. The first-order valence-corrected chi connectivity index (χ1v) is 6.05. The van der Waals surface area contributed by atoms with Gasteiger partial charge in [0.25, 0.3) is 0 Å². The Morgan fingerprint density at radius 3 is 2.78 bits per heavy atom. The van der Waals surface area contributed by atoms with Crippen LogP contribution in [0.15, 0.2) is 16.6 Å². The molecule has 0 atom stereocenters. The molecule has 100 valence electrons. The average Bonchev–Trinajstić information content (AvgIpc) is 2.23. The third kappa shape index (κ3) is 4.40. The van der Waals surface area contributed by atoms with Gasteiger partial charge in [-0.05, 0) is 28.1 Å². The summed E-state index contributed by atoms with van der Waals surface area (Å²) >= 11 is 8.81. The number of ether oxygens (including phenoxy) is 1. The Kier molecular flexibility index (Phi) is 5.77. The van der Waals surface area contributed by atoms with Gasteiger partial charge in [-0.3, -0.25) is 4.79 Å². The molecule has 0 radical (unpaired) electrons. The van der Waals surface area contributed by atoms with Gasteiger partial charge in [-0.15, -0.1) is 0 Å². The van der Waals surface area contributed by atoms with Crippen LogP contribution in [0.3, 0.4) is 0 Å². The van der Waals surface area contributed by atoms with Crippen molar-refractivity contribution in [1.29, 1.82) is 0 Å². The SMILES string of the molecule is NCCC(=O)Nc1cc(Cl)cc(Br)c1OC(F)F. The lowest BCUT2D eigenvalue weighted by atomic mass is 10.2. The molecule has 0 bridgehead atoms. The van der Waals surface area contributed by atoms with Crippen molar-refractivity contribution in [2.45, 2.75) is 13.0 Å². The van der Waals surface area contributed by atoms with E-state index >= 15 is 0 Å². The number of hydrogen-bond acceptors (Lipinski definition) is 3. The molecule has 0 spiro atoms. The fourth-order valence-electron chi connectivity index (χ4n) is 1.21. The molecule has 1 aromatic carbocycles. The van der Waals surface area contributed by atoms with E-state index in [1.54, 1.807) is 0 Å². The number of hydrogen-bond donors (Lipinski definition) is 2. The second-order valence-electron chi connectivity index (χ2n) is 3.23. The highest BCUT2D eigenvalue weighted by Crippen LogP contribution is 2.37. The average molecular weight is 344 g/mol. The first-order valence-electron chi connectivity index (χ1n) is 4.87. The zero-order valence-electron chi connectivity index (χ0n) is 9.05. The van der Waals surface area contributed by atoms with E-state index in [-0.39, 0.29) is 33.9 Å². The van der Waals surface area contributed by atoms with Crippen molar-refractivity contribution in [3.8, 4) is 5.75 Å². The van der Waals surface area contributed by atoms with Gasteiger partial charge < -0.3 is 15.8 Å². The molecule has 0 heterocycles. The predicted molar refractivity (Wildman–Crippen MR) is 68.1 cm³/mol. The molecule has 4 nitrogen and oxygen atoms in total. The van der Waals surface area contributed by atoms with Gasteiger partial charge in [-0.25, -0.2) is 0 Å². The van der Waals surface area contributed by atoms with E-state index in [1.165, 1.54) is 12.1 Å². The number of nitrogens with one attached hydrogen (secondary N) is 1. The number of carbonyl (C=O) groups excluding carboxylic acids is 1. The van der Waals surface area contributed by atoms with Crippen molar-refractivity contribution < 1.29 is 18.3 Å². The summed E-state index contributed by atoms with van der Waals surface area (Å²) in [6.45, 7) is -2.86. The zero-order chi connectivity index (χ0) is 13.7. The van der Waals surface area contributed by atoms with E-state index in [1.807, 2.05) is 0 Å². The topological polar surface area (TPSA) is 64.4 Å². The second-order valence-corrected chi connectivity index (χ2v) is 4.52. The molecule has 0 aromatic heterocycles. The highest BCUT2D eigenvalue weighted by molar-refractivity contribution is 9.10. The number of nitrogens with two attached hydrogens (primary N) is 1. The van der Waals surface area contributed by atoms with Crippen molar-refractivity contribution in [3.05, 3.63) is 21.6 Å². The minimum Gasteiger partial charge on any atom is -0.431 e. The van der Waals surface area contributed by atoms with Crippen LogP contribution in [0.5, 0.6) is 5.75 Å². The maximum Gasteiger partial charge on any atom is 0.387 e. The van der Waals surface area contributed by atoms with Crippen molar-refractivity contribution in [1.82, 2.24) is 0 Å². The van der Waals surface area contributed by atoms with E-state index in [0.29, 0.717) is 0 Å². The van der Waals surface area contributed by atoms with E-state index in [9.17, 15) is 13.6 Å². The number of carbonyl (C=O) groups is 1. The van der Waals surface area contributed by atoms with Crippen LogP contribution in [0.25, 0.3) is 0 Å². The summed E-state index contributed by atoms with van der Waals surface area (Å²) in [4.78, 5) is 11.4. The molecule has 1 rings (SSSR count). The quantitative estimate of drug-likeness (QED) is 0.864. The highest BCUT2D eigenvalue weighted by atomic mass is 79.9. The molecule has 0 fully saturated rings. The van der Waals surface area contributed by atoms with Crippen molar-refractivity contribution in [3.63, 3.8) is 0 Å². The third-order valence-electron chi connectivity index (χ3n) is 1.86. The van der Waals surface area contributed by atoms with E-state index in [4.69, 9.17) is 17.3 Å². The highest BCUT2D eigenvalue weighted by Gasteiger charge is 2.16. The van der Waals surface area contributed by atoms with Crippen molar-refractivity contribution in [2.75, 3.05) is 11.9 Å². The van der Waals surface area contributed by atoms with Crippen molar-refractivity contribution >= 4 is 39.1 Å². The van der Waals surface area contributed by atoms with Crippen LogP contribution in [-0.2, 0) is 4.79 Å². The number of halogens is 4. The number of anilines is 1. The van der Waals surface area contributed by atoms with Gasteiger partial charge in [0.15, 0.2) is 5.75 Å². The van der Waals surface area contributed by atoms with Gasteiger partial charge in [0, 0.05) is 18.0 Å². The number of alkyl halides is 2. The van der Waals surface area contributed by atoms with Gasteiger partial charge in [0.1, 0.15) is 0 Å². The van der Waals surface area contributed by atoms with Crippen LogP contribution < -0.4 is 15.8 Å². The van der Waals surface area contributed by atoms with Crippen molar-refractivity contribution in [2.24, 2.45) is 5.73 Å².